The van der Waals surface area contributed by atoms with Gasteiger partial charge in [0.1, 0.15) is 0 Å². The van der Waals surface area contributed by atoms with Crippen LogP contribution in [0.3, 0.4) is 0 Å². The van der Waals surface area contributed by atoms with Crippen molar-refractivity contribution in [1.29, 1.82) is 0 Å². The largest absolute Gasteiger partial charge is 0.379 e. The summed E-state index contributed by atoms with van der Waals surface area (Å²) < 4.78 is 32.9. The number of halogens is 1. The molecule has 7 heteroatoms. The van der Waals surface area contributed by atoms with Crippen molar-refractivity contribution in [1.82, 2.24) is 9.03 Å². The third kappa shape index (κ3) is 3.07. The van der Waals surface area contributed by atoms with Crippen molar-refractivity contribution in [3.63, 3.8) is 0 Å². The van der Waals surface area contributed by atoms with Gasteiger partial charge in [0.15, 0.2) is 0 Å². The molecule has 2 aliphatic rings. The summed E-state index contributed by atoms with van der Waals surface area (Å²) in [6.45, 7) is 2.35. The van der Waals surface area contributed by atoms with Crippen LogP contribution < -0.4 is 4.72 Å². The minimum atomic E-state index is -3.31. The second-order valence-corrected chi connectivity index (χ2v) is 6.67. The maximum absolute atomic E-state index is 11.8. The standard InChI is InChI=1S/C9H17ClN2O3S/c10-9-5-8(6-9)7-11-16(13,14)12-1-3-15-4-2-12/h8-9,11H,1-7H2. The molecule has 0 spiro atoms. The number of morpholine rings is 1. The maximum atomic E-state index is 11.8. The summed E-state index contributed by atoms with van der Waals surface area (Å²) in [7, 11) is -3.31. The summed E-state index contributed by atoms with van der Waals surface area (Å²) in [4.78, 5) is 0. The van der Waals surface area contributed by atoms with Gasteiger partial charge in [-0.1, -0.05) is 0 Å². The highest BCUT2D eigenvalue weighted by Crippen LogP contribution is 2.31. The smallest absolute Gasteiger partial charge is 0.279 e. The van der Waals surface area contributed by atoms with Gasteiger partial charge < -0.3 is 4.74 Å². The average Bonchev–Trinajstić information content (AvgIpc) is 2.24. The molecule has 0 aromatic heterocycles. The van der Waals surface area contributed by atoms with Crippen molar-refractivity contribution in [2.45, 2.75) is 18.2 Å². The van der Waals surface area contributed by atoms with E-state index in [4.69, 9.17) is 16.3 Å². The number of nitrogens with one attached hydrogen (secondary N) is 1. The number of nitrogens with zero attached hydrogens (tertiary/aromatic N) is 1. The summed E-state index contributed by atoms with van der Waals surface area (Å²) in [6, 6.07) is 0. The molecule has 0 unspecified atom stereocenters. The molecule has 1 saturated heterocycles. The van der Waals surface area contributed by atoms with Gasteiger partial charge in [-0.3, -0.25) is 0 Å². The topological polar surface area (TPSA) is 58.6 Å². The van der Waals surface area contributed by atoms with Crippen molar-refractivity contribution < 1.29 is 13.2 Å². The molecule has 0 aromatic carbocycles. The molecule has 2 fully saturated rings. The van der Waals surface area contributed by atoms with Crippen LogP contribution in [0.15, 0.2) is 0 Å². The zero-order valence-electron chi connectivity index (χ0n) is 9.06. The number of ether oxygens (including phenoxy) is 1. The zero-order valence-corrected chi connectivity index (χ0v) is 10.6. The number of alkyl halides is 1. The third-order valence-corrected chi connectivity index (χ3v) is 4.98. The predicted octanol–water partition coefficient (Wildman–Crippen LogP) is 0.170. The van der Waals surface area contributed by atoms with Crippen LogP contribution in [0.5, 0.6) is 0 Å². The Morgan fingerprint density at radius 2 is 1.94 bits per heavy atom. The second-order valence-electron chi connectivity index (χ2n) is 4.30. The summed E-state index contributed by atoms with van der Waals surface area (Å²) in [5.74, 6) is 0.401. The van der Waals surface area contributed by atoms with E-state index in [9.17, 15) is 8.42 Å². The van der Waals surface area contributed by atoms with E-state index in [-0.39, 0.29) is 5.38 Å². The van der Waals surface area contributed by atoms with Crippen LogP contribution in [0.4, 0.5) is 0 Å². The first-order valence-electron chi connectivity index (χ1n) is 5.54. The molecule has 0 radical (unpaired) electrons. The summed E-state index contributed by atoms with van der Waals surface area (Å²) in [5.41, 5.74) is 0. The molecule has 0 bridgehead atoms. The fourth-order valence-electron chi connectivity index (χ4n) is 1.92. The molecule has 0 atom stereocenters. The Labute approximate surface area is 101 Å². The van der Waals surface area contributed by atoms with Crippen LogP contribution in [0.25, 0.3) is 0 Å². The molecule has 1 aliphatic heterocycles. The number of hydrogen-bond donors (Lipinski definition) is 1. The van der Waals surface area contributed by atoms with Crippen molar-refractivity contribution in [3.05, 3.63) is 0 Å². The van der Waals surface area contributed by atoms with E-state index in [2.05, 4.69) is 4.72 Å². The Bertz CT molecular complexity index is 324. The Kier molecular flexibility index (Phi) is 4.07. The van der Waals surface area contributed by atoms with E-state index in [1.807, 2.05) is 0 Å². The van der Waals surface area contributed by atoms with Crippen molar-refractivity contribution >= 4 is 21.8 Å². The van der Waals surface area contributed by atoms with Gasteiger partial charge in [-0.15, -0.1) is 11.6 Å². The Hall–Kier alpha value is 0.120. The lowest BCUT2D eigenvalue weighted by Crippen LogP contribution is -2.48. The van der Waals surface area contributed by atoms with E-state index < -0.39 is 10.2 Å². The van der Waals surface area contributed by atoms with Crippen molar-refractivity contribution in [3.8, 4) is 0 Å². The Morgan fingerprint density at radius 1 is 1.31 bits per heavy atom. The van der Waals surface area contributed by atoms with E-state index in [1.54, 1.807) is 0 Å². The Balaban J connectivity index is 1.78. The van der Waals surface area contributed by atoms with Crippen LogP contribution in [0, 0.1) is 5.92 Å². The average molecular weight is 269 g/mol. The SMILES string of the molecule is O=S(=O)(NCC1CC(Cl)C1)N1CCOCC1. The van der Waals surface area contributed by atoms with Crippen LogP contribution >= 0.6 is 11.6 Å². The van der Waals surface area contributed by atoms with Gasteiger partial charge in [-0.2, -0.15) is 12.7 Å². The van der Waals surface area contributed by atoms with Gasteiger partial charge in [-0.25, -0.2) is 4.72 Å². The normalized spacial score (nSPS) is 32.3. The minimum Gasteiger partial charge on any atom is -0.379 e. The summed E-state index contributed by atoms with van der Waals surface area (Å²) in [6.07, 6.45) is 1.82. The van der Waals surface area contributed by atoms with Crippen LogP contribution in [0.2, 0.25) is 0 Å². The lowest BCUT2D eigenvalue weighted by molar-refractivity contribution is 0.0723. The zero-order chi connectivity index (χ0) is 11.6. The first-order chi connectivity index (χ1) is 7.58. The highest BCUT2D eigenvalue weighted by Gasteiger charge is 2.30. The minimum absolute atomic E-state index is 0.234. The van der Waals surface area contributed by atoms with Crippen molar-refractivity contribution in [2.75, 3.05) is 32.8 Å². The first kappa shape index (κ1) is 12.6. The number of hydrogen-bond acceptors (Lipinski definition) is 3. The lowest BCUT2D eigenvalue weighted by Gasteiger charge is -2.32. The molecule has 1 heterocycles. The second kappa shape index (κ2) is 5.18. The molecule has 94 valence electrons. The molecule has 2 rings (SSSR count). The quantitative estimate of drug-likeness (QED) is 0.740. The van der Waals surface area contributed by atoms with Gasteiger partial charge >= 0.3 is 0 Å². The van der Waals surface area contributed by atoms with Crippen LogP contribution in [-0.4, -0.2) is 50.9 Å². The summed E-state index contributed by atoms with van der Waals surface area (Å²) >= 11 is 5.84. The molecule has 1 N–H and O–H groups in total. The molecule has 1 aliphatic carbocycles. The van der Waals surface area contributed by atoms with Gasteiger partial charge in [0.25, 0.3) is 10.2 Å². The van der Waals surface area contributed by atoms with E-state index in [1.165, 1.54) is 4.31 Å². The molecule has 0 aromatic rings. The molecule has 1 saturated carbocycles. The van der Waals surface area contributed by atoms with Gasteiger partial charge in [0.05, 0.1) is 13.2 Å². The monoisotopic (exact) mass is 268 g/mol. The fourth-order valence-corrected chi connectivity index (χ4v) is 3.69. The van der Waals surface area contributed by atoms with Crippen LogP contribution in [0.1, 0.15) is 12.8 Å². The molecular formula is C9H17ClN2O3S. The first-order valence-corrected chi connectivity index (χ1v) is 7.42. The molecular weight excluding hydrogens is 252 g/mol. The van der Waals surface area contributed by atoms with Gasteiger partial charge in [0.2, 0.25) is 0 Å². The Morgan fingerprint density at radius 3 is 2.50 bits per heavy atom. The highest BCUT2D eigenvalue weighted by molar-refractivity contribution is 7.87. The van der Waals surface area contributed by atoms with Gasteiger partial charge in [-0.05, 0) is 18.8 Å². The van der Waals surface area contributed by atoms with Crippen LogP contribution in [-0.2, 0) is 14.9 Å². The van der Waals surface area contributed by atoms with Gasteiger partial charge in [0, 0.05) is 25.0 Å². The summed E-state index contributed by atoms with van der Waals surface area (Å²) in [5, 5.41) is 0.234. The van der Waals surface area contributed by atoms with E-state index >= 15 is 0 Å². The third-order valence-electron chi connectivity index (χ3n) is 3.04. The maximum Gasteiger partial charge on any atom is 0.279 e. The van der Waals surface area contributed by atoms with Crippen molar-refractivity contribution in [2.24, 2.45) is 5.92 Å². The van der Waals surface area contributed by atoms with E-state index in [0.717, 1.165) is 12.8 Å². The predicted molar refractivity (Wildman–Crippen MR) is 61.7 cm³/mol. The molecule has 16 heavy (non-hydrogen) atoms. The highest BCUT2D eigenvalue weighted by atomic mass is 35.5. The number of rotatable bonds is 4. The molecule has 0 amide bonds. The molecule has 5 nitrogen and oxygen atoms in total. The fraction of sp³-hybridized carbons (Fsp3) is 1.00. The lowest BCUT2D eigenvalue weighted by atomic mass is 9.85. The van der Waals surface area contributed by atoms with E-state index in [0.29, 0.717) is 38.8 Å².